The molecule has 0 unspecified atom stereocenters. The van der Waals surface area contributed by atoms with Crippen molar-refractivity contribution in [2.24, 2.45) is 0 Å². The maximum absolute atomic E-state index is 13.2. The molecule has 1 heterocycles. The van der Waals surface area contributed by atoms with Crippen LogP contribution in [0.4, 0.5) is 4.39 Å². The van der Waals surface area contributed by atoms with Crippen molar-refractivity contribution < 1.29 is 9.50 Å². The lowest BCUT2D eigenvalue weighted by Gasteiger charge is -2.13. The molecule has 1 atom stereocenters. The zero-order chi connectivity index (χ0) is 10.1. The van der Waals surface area contributed by atoms with Gasteiger partial charge in [0.1, 0.15) is 0 Å². The molecule has 0 aromatic heterocycles. The van der Waals surface area contributed by atoms with Crippen molar-refractivity contribution in [1.82, 2.24) is 5.32 Å². The Morgan fingerprint density at radius 1 is 1.50 bits per heavy atom. The minimum Gasteiger partial charge on any atom is -0.505 e. The van der Waals surface area contributed by atoms with Crippen LogP contribution in [0.2, 0.25) is 5.02 Å². The van der Waals surface area contributed by atoms with E-state index in [1.54, 1.807) is 6.07 Å². The molecule has 0 bridgehead atoms. The standard InChI is InChI=1S/C10H11ClFNO/c11-7-4-3-6(10(14)9(7)12)8-2-1-5-13-8/h3-4,8,13-14H,1-2,5H2/t8-/m1/s1. The molecule has 0 aliphatic carbocycles. The molecule has 2 nitrogen and oxygen atoms in total. The van der Waals surface area contributed by atoms with Gasteiger partial charge in [0.15, 0.2) is 11.6 Å². The van der Waals surface area contributed by atoms with Crippen LogP contribution in [0.25, 0.3) is 0 Å². The van der Waals surface area contributed by atoms with Crippen LogP contribution in [-0.4, -0.2) is 11.7 Å². The smallest absolute Gasteiger partial charge is 0.183 e. The second-order valence-corrected chi connectivity index (χ2v) is 3.86. The third-order valence-electron chi connectivity index (χ3n) is 2.54. The first-order valence-electron chi connectivity index (χ1n) is 4.60. The van der Waals surface area contributed by atoms with Gasteiger partial charge in [0.2, 0.25) is 0 Å². The van der Waals surface area contributed by atoms with Crippen LogP contribution < -0.4 is 5.32 Å². The highest BCUT2D eigenvalue weighted by Crippen LogP contribution is 2.34. The van der Waals surface area contributed by atoms with Gasteiger partial charge in [-0.2, -0.15) is 0 Å². The summed E-state index contributed by atoms with van der Waals surface area (Å²) in [5, 5.41) is 12.7. The lowest BCUT2D eigenvalue weighted by atomic mass is 10.0. The van der Waals surface area contributed by atoms with Gasteiger partial charge in [0.05, 0.1) is 5.02 Å². The first-order valence-corrected chi connectivity index (χ1v) is 4.98. The van der Waals surface area contributed by atoms with Gasteiger partial charge in [-0.25, -0.2) is 4.39 Å². The van der Waals surface area contributed by atoms with E-state index >= 15 is 0 Å². The van der Waals surface area contributed by atoms with Gasteiger partial charge in [0.25, 0.3) is 0 Å². The maximum Gasteiger partial charge on any atom is 0.183 e. The Kier molecular flexibility index (Phi) is 2.61. The number of phenols is 1. The fourth-order valence-corrected chi connectivity index (χ4v) is 1.94. The molecule has 14 heavy (non-hydrogen) atoms. The van der Waals surface area contributed by atoms with Gasteiger partial charge in [0, 0.05) is 11.6 Å². The lowest BCUT2D eigenvalue weighted by molar-refractivity contribution is 0.417. The molecule has 2 rings (SSSR count). The van der Waals surface area contributed by atoms with Gasteiger partial charge >= 0.3 is 0 Å². The van der Waals surface area contributed by atoms with Crippen molar-refractivity contribution in [3.8, 4) is 5.75 Å². The molecule has 1 aliphatic heterocycles. The third kappa shape index (κ3) is 1.57. The van der Waals surface area contributed by atoms with E-state index < -0.39 is 5.82 Å². The lowest BCUT2D eigenvalue weighted by Crippen LogP contribution is -2.13. The number of halogens is 2. The van der Waals surface area contributed by atoms with Gasteiger partial charge < -0.3 is 10.4 Å². The van der Waals surface area contributed by atoms with E-state index in [1.807, 2.05) is 0 Å². The zero-order valence-corrected chi connectivity index (χ0v) is 8.31. The number of aromatic hydroxyl groups is 1. The molecule has 1 aromatic carbocycles. The van der Waals surface area contributed by atoms with E-state index in [9.17, 15) is 9.50 Å². The molecule has 0 radical (unpaired) electrons. The Hall–Kier alpha value is -0.800. The summed E-state index contributed by atoms with van der Waals surface area (Å²) < 4.78 is 13.2. The van der Waals surface area contributed by atoms with Crippen molar-refractivity contribution in [1.29, 1.82) is 0 Å². The predicted octanol–water partition coefficient (Wildman–Crippen LogP) is 2.61. The minimum absolute atomic E-state index is 0.0377. The van der Waals surface area contributed by atoms with Crippen molar-refractivity contribution >= 4 is 11.6 Å². The monoisotopic (exact) mass is 215 g/mol. The number of phenolic OH excluding ortho intramolecular Hbond substituents is 1. The number of hydrogen-bond donors (Lipinski definition) is 2. The average Bonchev–Trinajstić information content (AvgIpc) is 2.67. The highest BCUT2D eigenvalue weighted by Gasteiger charge is 2.21. The molecular weight excluding hydrogens is 205 g/mol. The van der Waals surface area contributed by atoms with Crippen LogP contribution in [0.5, 0.6) is 5.75 Å². The van der Waals surface area contributed by atoms with Crippen molar-refractivity contribution in [2.75, 3.05) is 6.54 Å². The second kappa shape index (κ2) is 3.75. The quantitative estimate of drug-likeness (QED) is 0.755. The summed E-state index contributed by atoms with van der Waals surface area (Å²) in [6.45, 7) is 0.911. The third-order valence-corrected chi connectivity index (χ3v) is 2.83. The number of nitrogens with one attached hydrogen (secondary N) is 1. The highest BCUT2D eigenvalue weighted by atomic mass is 35.5. The Bertz CT molecular complexity index is 350. The molecule has 0 saturated carbocycles. The molecular formula is C10H11ClFNO. The summed E-state index contributed by atoms with van der Waals surface area (Å²) in [5.41, 5.74) is 0.601. The Morgan fingerprint density at radius 2 is 2.29 bits per heavy atom. The summed E-state index contributed by atoms with van der Waals surface area (Å²) in [6.07, 6.45) is 1.98. The first kappa shape index (κ1) is 9.74. The molecule has 2 N–H and O–H groups in total. The normalized spacial score (nSPS) is 21.4. The van der Waals surface area contributed by atoms with Crippen molar-refractivity contribution in [3.05, 3.63) is 28.5 Å². The van der Waals surface area contributed by atoms with Crippen LogP contribution in [-0.2, 0) is 0 Å². The number of hydrogen-bond acceptors (Lipinski definition) is 2. The Morgan fingerprint density at radius 3 is 2.93 bits per heavy atom. The molecule has 1 saturated heterocycles. The van der Waals surface area contributed by atoms with Crippen molar-refractivity contribution in [2.45, 2.75) is 18.9 Å². The first-order chi connectivity index (χ1) is 6.70. The SMILES string of the molecule is Oc1c([C@H]2CCCN2)ccc(Cl)c1F. The summed E-state index contributed by atoms with van der Waals surface area (Å²) in [5.74, 6) is -1.05. The molecule has 1 aliphatic rings. The van der Waals surface area contributed by atoms with E-state index in [0.717, 1.165) is 19.4 Å². The van der Waals surface area contributed by atoms with Gasteiger partial charge in [-0.1, -0.05) is 17.7 Å². The Balaban J connectivity index is 2.38. The van der Waals surface area contributed by atoms with Crippen LogP contribution in [0.15, 0.2) is 12.1 Å². The molecule has 1 aromatic rings. The van der Waals surface area contributed by atoms with Gasteiger partial charge in [-0.15, -0.1) is 0 Å². The van der Waals surface area contributed by atoms with E-state index in [0.29, 0.717) is 5.56 Å². The minimum atomic E-state index is -0.724. The van der Waals surface area contributed by atoms with E-state index in [2.05, 4.69) is 5.32 Å². The number of benzene rings is 1. The van der Waals surface area contributed by atoms with Gasteiger partial charge in [-0.05, 0) is 25.5 Å². The highest BCUT2D eigenvalue weighted by molar-refractivity contribution is 6.30. The van der Waals surface area contributed by atoms with Crippen LogP contribution in [0.3, 0.4) is 0 Å². The fraction of sp³-hybridized carbons (Fsp3) is 0.400. The summed E-state index contributed by atoms with van der Waals surface area (Å²) in [6, 6.07) is 3.21. The molecule has 0 spiro atoms. The largest absolute Gasteiger partial charge is 0.505 e. The topological polar surface area (TPSA) is 32.3 Å². The molecule has 76 valence electrons. The van der Waals surface area contributed by atoms with E-state index in [1.165, 1.54) is 6.07 Å². The zero-order valence-electron chi connectivity index (χ0n) is 7.56. The van der Waals surface area contributed by atoms with Crippen LogP contribution >= 0.6 is 11.6 Å². The molecule has 0 amide bonds. The van der Waals surface area contributed by atoms with E-state index in [-0.39, 0.29) is 16.8 Å². The number of rotatable bonds is 1. The average molecular weight is 216 g/mol. The summed E-state index contributed by atoms with van der Waals surface area (Å²) >= 11 is 5.54. The predicted molar refractivity (Wildman–Crippen MR) is 53.1 cm³/mol. The second-order valence-electron chi connectivity index (χ2n) is 3.45. The molecule has 1 fully saturated rings. The van der Waals surface area contributed by atoms with Crippen LogP contribution in [0, 0.1) is 5.82 Å². The Labute approximate surface area is 86.7 Å². The van der Waals surface area contributed by atoms with E-state index in [4.69, 9.17) is 11.6 Å². The van der Waals surface area contributed by atoms with Gasteiger partial charge in [-0.3, -0.25) is 0 Å². The van der Waals surface area contributed by atoms with Crippen LogP contribution in [0.1, 0.15) is 24.4 Å². The molecule has 4 heteroatoms. The fourth-order valence-electron chi connectivity index (χ4n) is 1.79. The van der Waals surface area contributed by atoms with Crippen molar-refractivity contribution in [3.63, 3.8) is 0 Å². The maximum atomic E-state index is 13.2. The summed E-state index contributed by atoms with van der Waals surface area (Å²) in [7, 11) is 0. The summed E-state index contributed by atoms with van der Waals surface area (Å²) in [4.78, 5) is 0.